The van der Waals surface area contributed by atoms with Crippen molar-refractivity contribution < 1.29 is 9.18 Å². The topological polar surface area (TPSA) is 26.8 Å². The lowest BCUT2D eigenvalue weighted by Gasteiger charge is -2.37. The van der Waals surface area contributed by atoms with Gasteiger partial charge in [-0.1, -0.05) is 30.3 Å². The zero-order valence-corrected chi connectivity index (χ0v) is 15.4. The van der Waals surface area contributed by atoms with Crippen LogP contribution in [0.25, 0.3) is 0 Å². The second-order valence-electron chi connectivity index (χ2n) is 6.83. The number of carbonyl (C=O) groups excluding carboxylic acids is 1. The molecule has 1 aliphatic heterocycles. The smallest absolute Gasteiger partial charge is 0.236 e. The summed E-state index contributed by atoms with van der Waals surface area (Å²) in [5.41, 5.74) is 2.18. The molecule has 26 heavy (non-hydrogen) atoms. The van der Waals surface area contributed by atoms with Crippen LogP contribution < -0.4 is 4.90 Å². The number of carbonyl (C=O) groups is 1. The molecule has 0 aromatic heterocycles. The highest BCUT2D eigenvalue weighted by Gasteiger charge is 2.23. The third-order valence-electron chi connectivity index (χ3n) is 5.18. The summed E-state index contributed by atoms with van der Waals surface area (Å²) in [7, 11) is 1.82. The van der Waals surface area contributed by atoms with Gasteiger partial charge in [0.15, 0.2) is 0 Å². The fourth-order valence-electron chi connectivity index (χ4n) is 3.29. The molecule has 2 aromatic carbocycles. The number of hydrogen-bond acceptors (Lipinski definition) is 3. The number of para-hydroxylation sites is 1. The molecule has 1 amide bonds. The molecule has 0 spiro atoms. The highest BCUT2D eigenvalue weighted by atomic mass is 19.1. The Morgan fingerprint density at radius 1 is 1.04 bits per heavy atom. The van der Waals surface area contributed by atoms with E-state index in [1.165, 1.54) is 17.8 Å². The first kappa shape index (κ1) is 18.4. The van der Waals surface area contributed by atoms with Crippen LogP contribution in [0.1, 0.15) is 18.5 Å². The zero-order chi connectivity index (χ0) is 18.5. The van der Waals surface area contributed by atoms with Crippen molar-refractivity contribution in [2.45, 2.75) is 13.0 Å². The van der Waals surface area contributed by atoms with Crippen LogP contribution in [0.4, 0.5) is 10.1 Å². The fraction of sp³-hybridized carbons (Fsp3) is 0.381. The van der Waals surface area contributed by atoms with Crippen LogP contribution in [0, 0.1) is 5.82 Å². The molecular formula is C21H26FN3O. The Kier molecular flexibility index (Phi) is 5.89. The molecule has 4 nitrogen and oxygen atoms in total. The van der Waals surface area contributed by atoms with Gasteiger partial charge in [-0.05, 0) is 36.8 Å². The molecule has 5 heteroatoms. The molecule has 0 aliphatic carbocycles. The van der Waals surface area contributed by atoms with Gasteiger partial charge in [-0.3, -0.25) is 9.69 Å². The number of benzene rings is 2. The molecule has 1 atom stereocenters. The Bertz CT molecular complexity index is 712. The number of hydrogen-bond donors (Lipinski definition) is 0. The molecule has 1 unspecified atom stereocenters. The Hall–Kier alpha value is -2.40. The molecule has 2 aromatic rings. The predicted octanol–water partition coefficient (Wildman–Crippen LogP) is 3.17. The number of piperazine rings is 1. The molecule has 1 heterocycles. The number of rotatable bonds is 5. The summed E-state index contributed by atoms with van der Waals surface area (Å²) in [5.74, 6) is -0.166. The quantitative estimate of drug-likeness (QED) is 0.824. The molecule has 0 bridgehead atoms. The van der Waals surface area contributed by atoms with E-state index in [4.69, 9.17) is 0 Å². The SMILES string of the molecule is CC(c1ccc(F)cc1)N(C)C(=O)CN1CCN(c2ccccc2)CC1. The first-order chi connectivity index (χ1) is 12.5. The van der Waals surface area contributed by atoms with Gasteiger partial charge in [0.2, 0.25) is 5.91 Å². The number of likely N-dealkylation sites (N-methyl/N-ethyl adjacent to an activating group) is 1. The summed E-state index contributed by atoms with van der Waals surface area (Å²) in [6, 6.07) is 16.7. The summed E-state index contributed by atoms with van der Waals surface area (Å²) in [4.78, 5) is 18.9. The minimum atomic E-state index is -0.258. The van der Waals surface area contributed by atoms with E-state index in [2.05, 4.69) is 34.1 Å². The average Bonchev–Trinajstić information content (AvgIpc) is 2.68. The lowest BCUT2D eigenvalue weighted by Crippen LogP contribution is -2.50. The minimum absolute atomic E-state index is 0.0753. The van der Waals surface area contributed by atoms with Crippen molar-refractivity contribution in [2.24, 2.45) is 0 Å². The van der Waals surface area contributed by atoms with Crippen LogP contribution >= 0.6 is 0 Å². The number of nitrogens with zero attached hydrogens (tertiary/aromatic N) is 3. The monoisotopic (exact) mass is 355 g/mol. The highest BCUT2D eigenvalue weighted by molar-refractivity contribution is 5.78. The first-order valence-electron chi connectivity index (χ1n) is 9.08. The third kappa shape index (κ3) is 4.41. The summed E-state index contributed by atoms with van der Waals surface area (Å²) in [5, 5.41) is 0. The third-order valence-corrected chi connectivity index (χ3v) is 5.18. The molecule has 1 saturated heterocycles. The standard InChI is InChI=1S/C21H26FN3O/c1-17(18-8-10-19(22)11-9-18)23(2)21(26)16-24-12-14-25(15-13-24)20-6-4-3-5-7-20/h3-11,17H,12-16H2,1-2H3. The van der Waals surface area contributed by atoms with Gasteiger partial charge >= 0.3 is 0 Å². The van der Waals surface area contributed by atoms with E-state index < -0.39 is 0 Å². The van der Waals surface area contributed by atoms with Gasteiger partial charge in [0.25, 0.3) is 0 Å². The first-order valence-corrected chi connectivity index (χ1v) is 9.08. The number of amides is 1. The minimum Gasteiger partial charge on any atom is -0.369 e. The molecule has 1 fully saturated rings. The lowest BCUT2D eigenvalue weighted by molar-refractivity contribution is -0.133. The van der Waals surface area contributed by atoms with Gasteiger partial charge in [-0.2, -0.15) is 0 Å². The summed E-state index contributed by atoms with van der Waals surface area (Å²) in [6.07, 6.45) is 0. The van der Waals surface area contributed by atoms with Crippen molar-refractivity contribution in [3.8, 4) is 0 Å². The van der Waals surface area contributed by atoms with Crippen LogP contribution in [0.3, 0.4) is 0 Å². The van der Waals surface area contributed by atoms with Gasteiger partial charge in [-0.15, -0.1) is 0 Å². The number of anilines is 1. The van der Waals surface area contributed by atoms with Crippen molar-refractivity contribution >= 4 is 11.6 Å². The Morgan fingerprint density at radius 3 is 2.27 bits per heavy atom. The molecular weight excluding hydrogens is 329 g/mol. The van der Waals surface area contributed by atoms with Crippen LogP contribution in [-0.4, -0.2) is 55.5 Å². The van der Waals surface area contributed by atoms with Gasteiger partial charge in [0.1, 0.15) is 5.82 Å². The molecule has 0 saturated carbocycles. The molecule has 0 N–H and O–H groups in total. The highest BCUT2D eigenvalue weighted by Crippen LogP contribution is 2.20. The predicted molar refractivity (Wildman–Crippen MR) is 103 cm³/mol. The van der Waals surface area contributed by atoms with Gasteiger partial charge in [0.05, 0.1) is 12.6 Å². The van der Waals surface area contributed by atoms with Gasteiger partial charge < -0.3 is 9.80 Å². The second kappa shape index (κ2) is 8.32. The van der Waals surface area contributed by atoms with E-state index in [1.807, 2.05) is 20.0 Å². The van der Waals surface area contributed by atoms with E-state index in [9.17, 15) is 9.18 Å². The van der Waals surface area contributed by atoms with Crippen LogP contribution in [0.15, 0.2) is 54.6 Å². The fourth-order valence-corrected chi connectivity index (χ4v) is 3.29. The van der Waals surface area contributed by atoms with Crippen LogP contribution in [0.2, 0.25) is 0 Å². The van der Waals surface area contributed by atoms with Gasteiger partial charge in [-0.25, -0.2) is 4.39 Å². The number of halogens is 1. The van der Waals surface area contributed by atoms with Crippen LogP contribution in [-0.2, 0) is 4.79 Å². The van der Waals surface area contributed by atoms with E-state index in [1.54, 1.807) is 17.0 Å². The molecule has 138 valence electrons. The van der Waals surface area contributed by atoms with E-state index >= 15 is 0 Å². The average molecular weight is 355 g/mol. The van der Waals surface area contributed by atoms with E-state index in [0.717, 1.165) is 31.7 Å². The normalized spacial score (nSPS) is 16.3. The van der Waals surface area contributed by atoms with Crippen molar-refractivity contribution in [3.63, 3.8) is 0 Å². The van der Waals surface area contributed by atoms with E-state index in [-0.39, 0.29) is 17.8 Å². The van der Waals surface area contributed by atoms with Crippen molar-refractivity contribution in [3.05, 3.63) is 66.0 Å². The maximum atomic E-state index is 13.1. The van der Waals surface area contributed by atoms with Crippen molar-refractivity contribution in [1.82, 2.24) is 9.80 Å². The maximum Gasteiger partial charge on any atom is 0.236 e. The Balaban J connectivity index is 1.51. The van der Waals surface area contributed by atoms with Gasteiger partial charge in [0, 0.05) is 38.9 Å². The summed E-state index contributed by atoms with van der Waals surface area (Å²) in [6.45, 7) is 5.99. The molecule has 1 aliphatic rings. The summed E-state index contributed by atoms with van der Waals surface area (Å²) < 4.78 is 13.1. The lowest BCUT2D eigenvalue weighted by atomic mass is 10.1. The molecule has 0 radical (unpaired) electrons. The zero-order valence-electron chi connectivity index (χ0n) is 15.4. The van der Waals surface area contributed by atoms with Crippen molar-refractivity contribution in [2.75, 3.05) is 44.7 Å². The Labute approximate surface area is 154 Å². The molecule has 3 rings (SSSR count). The summed E-state index contributed by atoms with van der Waals surface area (Å²) >= 11 is 0. The maximum absolute atomic E-state index is 13.1. The Morgan fingerprint density at radius 2 is 1.65 bits per heavy atom. The van der Waals surface area contributed by atoms with E-state index in [0.29, 0.717) is 6.54 Å². The van der Waals surface area contributed by atoms with Crippen LogP contribution in [0.5, 0.6) is 0 Å². The second-order valence-corrected chi connectivity index (χ2v) is 6.83. The van der Waals surface area contributed by atoms with Crippen molar-refractivity contribution in [1.29, 1.82) is 0 Å². The largest absolute Gasteiger partial charge is 0.369 e.